The summed E-state index contributed by atoms with van der Waals surface area (Å²) in [4.78, 5) is 36.1. The molecule has 2 amide bonds. The summed E-state index contributed by atoms with van der Waals surface area (Å²) in [6.07, 6.45) is 3.08. The van der Waals surface area contributed by atoms with Crippen LogP contribution in [0.4, 0.5) is 4.79 Å². The Morgan fingerprint density at radius 1 is 0.941 bits per heavy atom. The standard InChI is InChI=1S/C27H30N2O5/c30-25(29-18-7-5-6-16(12-18)26(31)32)23-13-17(23)14-28-27(33)34-15-24-21-10-3-1-8-19(21)20-9-2-4-11-22(20)24/h1-4,8-11,16-18,23-24H,5-7,12-15H2,(H,28,33)(H,29,30)(H,31,32)/t16-,17-,18+,23-/m0/s1. The van der Waals surface area contributed by atoms with Gasteiger partial charge in [0.1, 0.15) is 6.61 Å². The minimum absolute atomic E-state index is 0.0164. The quantitative estimate of drug-likeness (QED) is 0.579. The fourth-order valence-electron chi connectivity index (χ4n) is 5.51. The third-order valence-electron chi connectivity index (χ3n) is 7.48. The van der Waals surface area contributed by atoms with Crippen molar-refractivity contribution in [2.24, 2.45) is 17.8 Å². The number of rotatable bonds is 7. The molecule has 2 saturated carbocycles. The number of carbonyl (C=O) groups excluding carboxylic acids is 2. The lowest BCUT2D eigenvalue weighted by Crippen LogP contribution is -2.41. The Bertz CT molecular complexity index is 1050. The summed E-state index contributed by atoms with van der Waals surface area (Å²) in [6, 6.07) is 16.3. The minimum Gasteiger partial charge on any atom is -0.481 e. The first-order chi connectivity index (χ1) is 16.5. The molecule has 34 heavy (non-hydrogen) atoms. The second kappa shape index (κ2) is 9.49. The number of benzene rings is 2. The van der Waals surface area contributed by atoms with Crippen molar-refractivity contribution in [3.63, 3.8) is 0 Å². The average molecular weight is 463 g/mol. The maximum atomic E-state index is 12.5. The van der Waals surface area contributed by atoms with E-state index in [1.165, 1.54) is 22.3 Å². The number of carbonyl (C=O) groups is 3. The van der Waals surface area contributed by atoms with E-state index in [2.05, 4.69) is 34.9 Å². The van der Waals surface area contributed by atoms with Crippen molar-refractivity contribution in [1.82, 2.24) is 10.6 Å². The normalized spacial score (nSPS) is 25.1. The van der Waals surface area contributed by atoms with Gasteiger partial charge in [0.25, 0.3) is 0 Å². The van der Waals surface area contributed by atoms with Gasteiger partial charge in [0.05, 0.1) is 5.92 Å². The van der Waals surface area contributed by atoms with E-state index >= 15 is 0 Å². The van der Waals surface area contributed by atoms with E-state index in [1.807, 2.05) is 24.3 Å². The SMILES string of the molecule is O=C(NC[C@@H]1C[C@@H]1C(=O)N[C@@H]1CCC[C@H](C(=O)O)C1)OCC1c2ccccc2-c2ccccc21. The predicted octanol–water partition coefficient (Wildman–Crippen LogP) is 3.92. The Hall–Kier alpha value is -3.35. The number of amides is 2. The summed E-state index contributed by atoms with van der Waals surface area (Å²) < 4.78 is 5.56. The van der Waals surface area contributed by atoms with E-state index in [0.717, 1.165) is 19.3 Å². The van der Waals surface area contributed by atoms with Crippen molar-refractivity contribution in [1.29, 1.82) is 0 Å². The summed E-state index contributed by atoms with van der Waals surface area (Å²) in [7, 11) is 0. The van der Waals surface area contributed by atoms with Crippen molar-refractivity contribution >= 4 is 18.0 Å². The number of hydrogen-bond donors (Lipinski definition) is 3. The molecular weight excluding hydrogens is 432 g/mol. The van der Waals surface area contributed by atoms with E-state index in [-0.39, 0.29) is 42.2 Å². The molecule has 3 aliphatic carbocycles. The van der Waals surface area contributed by atoms with Crippen LogP contribution in [0.5, 0.6) is 0 Å². The first-order valence-corrected chi connectivity index (χ1v) is 12.1. The highest BCUT2D eigenvalue weighted by atomic mass is 16.5. The van der Waals surface area contributed by atoms with E-state index in [9.17, 15) is 19.5 Å². The smallest absolute Gasteiger partial charge is 0.407 e. The molecule has 178 valence electrons. The Kier molecular flexibility index (Phi) is 6.26. The molecule has 4 atom stereocenters. The van der Waals surface area contributed by atoms with Gasteiger partial charge in [-0.05, 0) is 53.9 Å². The molecule has 2 aromatic carbocycles. The summed E-state index contributed by atoms with van der Waals surface area (Å²) in [5.41, 5.74) is 4.71. The molecule has 7 heteroatoms. The maximum absolute atomic E-state index is 12.5. The van der Waals surface area contributed by atoms with Gasteiger partial charge in [-0.3, -0.25) is 9.59 Å². The molecule has 3 aliphatic rings. The topological polar surface area (TPSA) is 105 Å². The molecule has 0 bridgehead atoms. The molecule has 0 heterocycles. The summed E-state index contributed by atoms with van der Waals surface area (Å²) in [5.74, 6) is -1.20. The highest BCUT2D eigenvalue weighted by Gasteiger charge is 2.44. The lowest BCUT2D eigenvalue weighted by molar-refractivity contribution is -0.143. The Labute approximate surface area is 198 Å². The van der Waals surface area contributed by atoms with Crippen molar-refractivity contribution in [2.45, 2.75) is 44.1 Å². The highest BCUT2D eigenvalue weighted by Crippen LogP contribution is 2.44. The van der Waals surface area contributed by atoms with Crippen LogP contribution in [0, 0.1) is 17.8 Å². The van der Waals surface area contributed by atoms with Crippen LogP contribution in [0.3, 0.4) is 0 Å². The zero-order valence-electron chi connectivity index (χ0n) is 19.0. The minimum atomic E-state index is -0.782. The third-order valence-corrected chi connectivity index (χ3v) is 7.48. The zero-order valence-corrected chi connectivity index (χ0v) is 19.0. The van der Waals surface area contributed by atoms with Gasteiger partial charge in [-0.2, -0.15) is 0 Å². The predicted molar refractivity (Wildman–Crippen MR) is 126 cm³/mol. The van der Waals surface area contributed by atoms with Crippen LogP contribution in [0.15, 0.2) is 48.5 Å². The molecule has 0 saturated heterocycles. The van der Waals surface area contributed by atoms with Crippen LogP contribution >= 0.6 is 0 Å². The lowest BCUT2D eigenvalue weighted by atomic mass is 9.85. The molecule has 0 radical (unpaired) electrons. The summed E-state index contributed by atoms with van der Waals surface area (Å²) in [6.45, 7) is 0.665. The van der Waals surface area contributed by atoms with E-state index in [4.69, 9.17) is 4.74 Å². The molecule has 0 aliphatic heterocycles. The number of carboxylic acids is 1. The van der Waals surface area contributed by atoms with Gasteiger partial charge < -0.3 is 20.5 Å². The van der Waals surface area contributed by atoms with Gasteiger partial charge in [-0.15, -0.1) is 0 Å². The molecular formula is C27H30N2O5. The van der Waals surface area contributed by atoms with Gasteiger partial charge >= 0.3 is 12.1 Å². The fourth-order valence-corrected chi connectivity index (χ4v) is 5.51. The van der Waals surface area contributed by atoms with Gasteiger partial charge in [-0.25, -0.2) is 4.79 Å². The molecule has 3 N–H and O–H groups in total. The molecule has 0 unspecified atom stereocenters. The van der Waals surface area contributed by atoms with Crippen LogP contribution in [0.2, 0.25) is 0 Å². The van der Waals surface area contributed by atoms with Crippen molar-refractivity contribution in [2.75, 3.05) is 13.2 Å². The molecule has 0 aromatic heterocycles. The number of fused-ring (bicyclic) bond motifs is 3. The van der Waals surface area contributed by atoms with Crippen LogP contribution < -0.4 is 10.6 Å². The van der Waals surface area contributed by atoms with Crippen molar-refractivity contribution in [3.8, 4) is 11.1 Å². The Morgan fingerprint density at radius 3 is 2.29 bits per heavy atom. The van der Waals surface area contributed by atoms with Gasteiger partial charge in [-0.1, -0.05) is 55.0 Å². The van der Waals surface area contributed by atoms with Crippen molar-refractivity contribution in [3.05, 3.63) is 59.7 Å². The Morgan fingerprint density at radius 2 is 1.62 bits per heavy atom. The van der Waals surface area contributed by atoms with Crippen LogP contribution in [0.1, 0.15) is 49.1 Å². The monoisotopic (exact) mass is 462 g/mol. The fraction of sp³-hybridized carbons (Fsp3) is 0.444. The van der Waals surface area contributed by atoms with Crippen LogP contribution in [-0.4, -0.2) is 42.3 Å². The molecule has 5 rings (SSSR count). The molecule has 7 nitrogen and oxygen atoms in total. The number of alkyl carbamates (subject to hydrolysis) is 1. The number of ether oxygens (including phenoxy) is 1. The van der Waals surface area contributed by atoms with Gasteiger partial charge in [0.2, 0.25) is 5.91 Å². The van der Waals surface area contributed by atoms with Crippen LogP contribution in [-0.2, 0) is 14.3 Å². The third kappa shape index (κ3) is 4.65. The maximum Gasteiger partial charge on any atom is 0.407 e. The number of carboxylic acid groups (broad SMARTS) is 1. The zero-order chi connectivity index (χ0) is 23.7. The molecule has 2 aromatic rings. The first-order valence-electron chi connectivity index (χ1n) is 12.1. The van der Waals surface area contributed by atoms with Crippen molar-refractivity contribution < 1.29 is 24.2 Å². The molecule has 2 fully saturated rings. The number of nitrogens with one attached hydrogen (secondary N) is 2. The summed E-state index contributed by atoms with van der Waals surface area (Å²) in [5, 5.41) is 15.0. The average Bonchev–Trinajstić information content (AvgIpc) is 3.57. The summed E-state index contributed by atoms with van der Waals surface area (Å²) >= 11 is 0. The van der Waals surface area contributed by atoms with E-state index in [1.54, 1.807) is 0 Å². The second-order valence-electron chi connectivity index (χ2n) is 9.72. The highest BCUT2D eigenvalue weighted by molar-refractivity contribution is 5.82. The largest absolute Gasteiger partial charge is 0.481 e. The first kappa shape index (κ1) is 22.4. The number of aliphatic carboxylic acids is 1. The lowest BCUT2D eigenvalue weighted by Gasteiger charge is -2.27. The van der Waals surface area contributed by atoms with Gasteiger partial charge in [0, 0.05) is 24.4 Å². The molecule has 0 spiro atoms. The van der Waals surface area contributed by atoms with E-state index in [0.29, 0.717) is 19.4 Å². The van der Waals surface area contributed by atoms with E-state index < -0.39 is 12.1 Å². The van der Waals surface area contributed by atoms with Gasteiger partial charge in [0.15, 0.2) is 0 Å². The number of hydrogen-bond acceptors (Lipinski definition) is 4. The van der Waals surface area contributed by atoms with Crippen LogP contribution in [0.25, 0.3) is 11.1 Å². The second-order valence-corrected chi connectivity index (χ2v) is 9.72. The Balaban J connectivity index is 1.07.